The number of hydrogen-bond donors (Lipinski definition) is 2. The summed E-state index contributed by atoms with van der Waals surface area (Å²) in [6, 6.07) is 6.33. The van der Waals surface area contributed by atoms with Gasteiger partial charge in [0, 0.05) is 12.6 Å². The number of sulfonamides is 1. The van der Waals surface area contributed by atoms with Crippen LogP contribution in [0.2, 0.25) is 0 Å². The number of benzene rings is 1. The fourth-order valence-electron chi connectivity index (χ4n) is 2.82. The summed E-state index contributed by atoms with van der Waals surface area (Å²) in [6.07, 6.45) is 1.53. The Bertz CT molecular complexity index is 588. The van der Waals surface area contributed by atoms with E-state index in [-0.39, 0.29) is 29.5 Å². The van der Waals surface area contributed by atoms with Crippen LogP contribution in [0.15, 0.2) is 29.2 Å². The van der Waals surface area contributed by atoms with Gasteiger partial charge in [-0.2, -0.15) is 4.31 Å². The Hall–Kier alpha value is -0.950. The van der Waals surface area contributed by atoms with Crippen molar-refractivity contribution in [1.29, 1.82) is 0 Å². The molecule has 1 aliphatic rings. The molecule has 3 unspecified atom stereocenters. The molecule has 3 atom stereocenters. The third-order valence-electron chi connectivity index (χ3n) is 4.35. The smallest absolute Gasteiger partial charge is 0.243 e. The van der Waals surface area contributed by atoms with Crippen molar-refractivity contribution in [1.82, 2.24) is 4.31 Å². The summed E-state index contributed by atoms with van der Waals surface area (Å²) >= 11 is 0. The average Bonchev–Trinajstić information content (AvgIpc) is 2.88. The van der Waals surface area contributed by atoms with Crippen LogP contribution in [-0.2, 0) is 10.0 Å². The maximum absolute atomic E-state index is 12.8. The first-order valence-corrected chi connectivity index (χ1v) is 8.84. The van der Waals surface area contributed by atoms with E-state index in [1.165, 1.54) is 4.31 Å². The molecule has 1 aromatic carbocycles. The zero-order valence-electron chi connectivity index (χ0n) is 12.6. The van der Waals surface area contributed by atoms with Gasteiger partial charge in [0.15, 0.2) is 0 Å². The van der Waals surface area contributed by atoms with Crippen molar-refractivity contribution in [2.75, 3.05) is 13.2 Å². The van der Waals surface area contributed by atoms with E-state index in [1.807, 2.05) is 19.9 Å². The number of nitrogens with zero attached hydrogens (tertiary/aromatic N) is 1. The molecule has 6 heteroatoms. The molecule has 0 amide bonds. The summed E-state index contributed by atoms with van der Waals surface area (Å²) < 4.78 is 27.0. The molecule has 118 valence electrons. The molecule has 0 bridgehead atoms. The van der Waals surface area contributed by atoms with Crippen LogP contribution in [-0.4, -0.2) is 37.0 Å². The third kappa shape index (κ3) is 3.13. The minimum atomic E-state index is -3.58. The van der Waals surface area contributed by atoms with Crippen molar-refractivity contribution in [3.05, 3.63) is 29.8 Å². The standard InChI is InChI=1S/C15H24N2O3S/c1-3-14(16)12-5-4-6-13(9-12)21(19,20)17-8-7-11(2)15(17)10-18/h4-6,9,11,14-15,18H,3,7-8,10,16H2,1-2H3. The molecule has 0 spiro atoms. The first-order chi connectivity index (χ1) is 9.91. The molecule has 3 N–H and O–H groups in total. The Kier molecular flexibility index (Phi) is 5.03. The molecular weight excluding hydrogens is 288 g/mol. The van der Waals surface area contributed by atoms with Crippen LogP contribution >= 0.6 is 0 Å². The van der Waals surface area contributed by atoms with Crippen LogP contribution in [0.1, 0.15) is 38.3 Å². The first-order valence-electron chi connectivity index (χ1n) is 7.40. The Morgan fingerprint density at radius 2 is 2.19 bits per heavy atom. The summed E-state index contributed by atoms with van der Waals surface area (Å²) in [5.41, 5.74) is 6.81. The van der Waals surface area contributed by atoms with E-state index in [2.05, 4.69) is 0 Å². The van der Waals surface area contributed by atoms with Gasteiger partial charge < -0.3 is 10.8 Å². The van der Waals surface area contributed by atoms with E-state index in [4.69, 9.17) is 5.73 Å². The van der Waals surface area contributed by atoms with Gasteiger partial charge in [-0.25, -0.2) is 8.42 Å². The molecule has 0 saturated carbocycles. The molecular formula is C15H24N2O3S. The fourth-order valence-corrected chi connectivity index (χ4v) is 4.60. The lowest BCUT2D eigenvalue weighted by atomic mass is 10.0. The largest absolute Gasteiger partial charge is 0.395 e. The van der Waals surface area contributed by atoms with Gasteiger partial charge in [0.2, 0.25) is 10.0 Å². The lowest BCUT2D eigenvalue weighted by Crippen LogP contribution is -2.39. The monoisotopic (exact) mass is 312 g/mol. The summed E-state index contributed by atoms with van der Waals surface area (Å²) in [6.45, 7) is 4.25. The van der Waals surface area contributed by atoms with Crippen LogP contribution in [0, 0.1) is 5.92 Å². The minimum Gasteiger partial charge on any atom is -0.395 e. The summed E-state index contributed by atoms with van der Waals surface area (Å²) in [4.78, 5) is 0.261. The van der Waals surface area contributed by atoms with Gasteiger partial charge >= 0.3 is 0 Å². The van der Waals surface area contributed by atoms with E-state index in [0.717, 1.165) is 18.4 Å². The number of aliphatic hydroxyl groups is 1. The Labute approximate surface area is 126 Å². The predicted molar refractivity (Wildman–Crippen MR) is 82.2 cm³/mol. The number of rotatable bonds is 5. The minimum absolute atomic E-state index is 0.144. The van der Waals surface area contributed by atoms with Crippen LogP contribution in [0.4, 0.5) is 0 Å². The van der Waals surface area contributed by atoms with E-state index in [9.17, 15) is 13.5 Å². The molecule has 1 fully saturated rings. The SMILES string of the molecule is CCC(N)c1cccc(S(=O)(=O)N2CCC(C)C2CO)c1. The van der Waals surface area contributed by atoms with Crippen molar-refractivity contribution in [2.45, 2.75) is 43.7 Å². The quantitative estimate of drug-likeness (QED) is 0.863. The van der Waals surface area contributed by atoms with Gasteiger partial charge in [-0.05, 0) is 36.5 Å². The van der Waals surface area contributed by atoms with Crippen molar-refractivity contribution in [2.24, 2.45) is 11.7 Å². The zero-order chi connectivity index (χ0) is 15.6. The molecule has 1 heterocycles. The summed E-state index contributed by atoms with van der Waals surface area (Å²) in [7, 11) is -3.58. The van der Waals surface area contributed by atoms with Crippen LogP contribution in [0.3, 0.4) is 0 Å². The highest BCUT2D eigenvalue weighted by atomic mass is 32.2. The summed E-state index contributed by atoms with van der Waals surface area (Å²) in [5.74, 6) is 0.172. The molecule has 0 radical (unpaired) electrons. The van der Waals surface area contributed by atoms with E-state index < -0.39 is 10.0 Å². The van der Waals surface area contributed by atoms with Crippen LogP contribution < -0.4 is 5.73 Å². The van der Waals surface area contributed by atoms with Crippen molar-refractivity contribution >= 4 is 10.0 Å². The predicted octanol–water partition coefficient (Wildman–Crippen LogP) is 1.49. The molecule has 1 aliphatic heterocycles. The molecule has 2 rings (SSSR count). The Balaban J connectivity index is 2.36. The van der Waals surface area contributed by atoms with Crippen molar-refractivity contribution in [3.63, 3.8) is 0 Å². The Morgan fingerprint density at radius 3 is 2.81 bits per heavy atom. The van der Waals surface area contributed by atoms with Gasteiger partial charge in [0.05, 0.1) is 17.5 Å². The molecule has 0 aliphatic carbocycles. The number of nitrogens with two attached hydrogens (primary N) is 1. The second-order valence-electron chi connectivity index (χ2n) is 5.72. The fraction of sp³-hybridized carbons (Fsp3) is 0.600. The van der Waals surface area contributed by atoms with Crippen LogP contribution in [0.25, 0.3) is 0 Å². The second-order valence-corrected chi connectivity index (χ2v) is 7.61. The van der Waals surface area contributed by atoms with Crippen molar-refractivity contribution in [3.8, 4) is 0 Å². The highest BCUT2D eigenvalue weighted by molar-refractivity contribution is 7.89. The van der Waals surface area contributed by atoms with Gasteiger partial charge in [0.25, 0.3) is 0 Å². The molecule has 1 saturated heterocycles. The van der Waals surface area contributed by atoms with E-state index >= 15 is 0 Å². The maximum atomic E-state index is 12.8. The first kappa shape index (κ1) is 16.4. The zero-order valence-corrected chi connectivity index (χ0v) is 13.4. The molecule has 0 aromatic heterocycles. The normalized spacial score (nSPS) is 25.1. The topological polar surface area (TPSA) is 83.6 Å². The van der Waals surface area contributed by atoms with Gasteiger partial charge in [-0.15, -0.1) is 0 Å². The second kappa shape index (κ2) is 6.44. The van der Waals surface area contributed by atoms with Gasteiger partial charge in [-0.3, -0.25) is 0 Å². The average molecular weight is 312 g/mol. The van der Waals surface area contributed by atoms with E-state index in [0.29, 0.717) is 6.54 Å². The summed E-state index contributed by atoms with van der Waals surface area (Å²) in [5, 5.41) is 9.47. The van der Waals surface area contributed by atoms with Gasteiger partial charge in [0.1, 0.15) is 0 Å². The van der Waals surface area contributed by atoms with Crippen molar-refractivity contribution < 1.29 is 13.5 Å². The van der Waals surface area contributed by atoms with Crippen LogP contribution in [0.5, 0.6) is 0 Å². The van der Waals surface area contributed by atoms with Gasteiger partial charge in [-0.1, -0.05) is 26.0 Å². The third-order valence-corrected chi connectivity index (χ3v) is 6.27. The maximum Gasteiger partial charge on any atom is 0.243 e. The number of hydrogen-bond acceptors (Lipinski definition) is 4. The lowest BCUT2D eigenvalue weighted by molar-refractivity contribution is 0.191. The highest BCUT2D eigenvalue weighted by Crippen LogP contribution is 2.30. The number of aliphatic hydroxyl groups excluding tert-OH is 1. The highest BCUT2D eigenvalue weighted by Gasteiger charge is 2.39. The molecule has 1 aromatic rings. The lowest BCUT2D eigenvalue weighted by Gasteiger charge is -2.25. The molecule has 21 heavy (non-hydrogen) atoms. The molecule has 5 nitrogen and oxygen atoms in total. The Morgan fingerprint density at radius 1 is 1.48 bits per heavy atom. The van der Waals surface area contributed by atoms with E-state index in [1.54, 1.807) is 18.2 Å².